The highest BCUT2D eigenvalue weighted by molar-refractivity contribution is 7.89. The van der Waals surface area contributed by atoms with Gasteiger partial charge in [-0.05, 0) is 57.7 Å². The van der Waals surface area contributed by atoms with Gasteiger partial charge in [0.25, 0.3) is 5.91 Å². The molecule has 2 atom stereocenters. The van der Waals surface area contributed by atoms with E-state index in [2.05, 4.69) is 0 Å². The Morgan fingerprint density at radius 3 is 2.52 bits per heavy atom. The zero-order valence-corrected chi connectivity index (χ0v) is 16.5. The Morgan fingerprint density at radius 2 is 1.93 bits per heavy atom. The van der Waals surface area contributed by atoms with Crippen molar-refractivity contribution in [1.82, 2.24) is 9.21 Å². The highest BCUT2D eigenvalue weighted by atomic mass is 32.2. The van der Waals surface area contributed by atoms with Crippen LogP contribution in [0.1, 0.15) is 56.3 Å². The minimum Gasteiger partial charge on any atom is -0.480 e. The number of rotatable bonds is 6. The Labute approximate surface area is 160 Å². The normalized spacial score (nSPS) is 22.2. The van der Waals surface area contributed by atoms with Crippen LogP contribution in [-0.2, 0) is 14.8 Å². The summed E-state index contributed by atoms with van der Waals surface area (Å²) < 4.78 is 27.6. The summed E-state index contributed by atoms with van der Waals surface area (Å²) in [5.74, 6) is -1.50. The fourth-order valence-electron chi connectivity index (χ4n) is 3.63. The lowest BCUT2D eigenvalue weighted by Gasteiger charge is -2.32. The molecule has 1 aliphatic heterocycles. The number of carboxylic acids is 1. The number of aliphatic carboxylic acids is 1. The van der Waals surface area contributed by atoms with Crippen LogP contribution in [0.2, 0.25) is 0 Å². The largest absolute Gasteiger partial charge is 0.480 e. The number of amides is 1. The molecule has 1 amide bonds. The maximum absolute atomic E-state index is 13.0. The molecule has 2 unspecified atom stereocenters. The topological polar surface area (TPSA) is 95.0 Å². The second kappa shape index (κ2) is 7.59. The molecule has 7 nitrogen and oxygen atoms in total. The molecule has 0 radical (unpaired) electrons. The summed E-state index contributed by atoms with van der Waals surface area (Å²) in [4.78, 5) is 25.8. The van der Waals surface area contributed by atoms with E-state index in [1.54, 1.807) is 12.1 Å². The molecule has 1 aromatic carbocycles. The van der Waals surface area contributed by atoms with Gasteiger partial charge in [-0.2, -0.15) is 4.31 Å². The van der Waals surface area contributed by atoms with Gasteiger partial charge in [0, 0.05) is 24.2 Å². The number of nitrogens with zero attached hydrogens (tertiary/aromatic N) is 2. The predicted molar refractivity (Wildman–Crippen MR) is 99.9 cm³/mol. The van der Waals surface area contributed by atoms with Crippen molar-refractivity contribution in [2.75, 3.05) is 6.54 Å². The molecule has 0 bridgehead atoms. The van der Waals surface area contributed by atoms with Gasteiger partial charge >= 0.3 is 5.97 Å². The first-order valence-electron chi connectivity index (χ1n) is 9.41. The van der Waals surface area contributed by atoms with Crippen molar-refractivity contribution in [3.05, 3.63) is 29.8 Å². The third-order valence-electron chi connectivity index (χ3n) is 5.38. The summed E-state index contributed by atoms with van der Waals surface area (Å²) in [5, 5.41) is 9.31. The van der Waals surface area contributed by atoms with Crippen molar-refractivity contribution in [1.29, 1.82) is 0 Å². The zero-order valence-electron chi connectivity index (χ0n) is 15.7. The number of hydrogen-bond donors (Lipinski definition) is 1. The Hall–Kier alpha value is -1.93. The average Bonchev–Trinajstić information content (AvgIpc) is 3.47. The van der Waals surface area contributed by atoms with Crippen LogP contribution < -0.4 is 0 Å². The van der Waals surface area contributed by atoms with Crippen molar-refractivity contribution in [2.24, 2.45) is 0 Å². The van der Waals surface area contributed by atoms with Gasteiger partial charge < -0.3 is 10.0 Å². The van der Waals surface area contributed by atoms with E-state index < -0.39 is 27.9 Å². The molecule has 1 saturated heterocycles. The summed E-state index contributed by atoms with van der Waals surface area (Å²) in [7, 11) is -3.69. The Bertz CT molecular complexity index is 834. The van der Waals surface area contributed by atoms with E-state index in [9.17, 15) is 23.1 Å². The van der Waals surface area contributed by atoms with E-state index in [0.29, 0.717) is 6.54 Å². The molecule has 27 heavy (non-hydrogen) atoms. The fraction of sp³-hybridized carbons (Fsp3) is 0.579. The molecule has 3 rings (SSSR count). The number of piperidine rings is 1. The smallest absolute Gasteiger partial charge is 0.326 e. The van der Waals surface area contributed by atoms with Crippen LogP contribution >= 0.6 is 0 Å². The SMILES string of the molecule is CC(C(=O)O)N(C(=O)c1cccc(S(=O)(=O)N2CCCCC2C)c1)C1CC1. The van der Waals surface area contributed by atoms with Gasteiger partial charge in [-0.1, -0.05) is 12.5 Å². The quantitative estimate of drug-likeness (QED) is 0.799. The Balaban J connectivity index is 1.90. The molecule has 148 valence electrons. The molecule has 0 spiro atoms. The van der Waals surface area contributed by atoms with Gasteiger partial charge in [0.1, 0.15) is 6.04 Å². The number of carboxylic acid groups (broad SMARTS) is 1. The van der Waals surface area contributed by atoms with Crippen molar-refractivity contribution in [2.45, 2.75) is 69.0 Å². The maximum Gasteiger partial charge on any atom is 0.326 e. The number of carbonyl (C=O) groups is 2. The standard InChI is InChI=1S/C19H26N2O5S/c1-13-6-3-4-11-20(13)27(25,26)17-8-5-7-15(12-17)18(22)21(16-9-10-16)14(2)19(23)24/h5,7-8,12-14,16H,3-4,6,9-11H2,1-2H3,(H,23,24). The lowest BCUT2D eigenvalue weighted by molar-refractivity contribution is -0.141. The van der Waals surface area contributed by atoms with Crippen molar-refractivity contribution < 1.29 is 23.1 Å². The molecule has 1 aromatic rings. The van der Waals surface area contributed by atoms with Gasteiger partial charge in [0.15, 0.2) is 0 Å². The summed E-state index contributed by atoms with van der Waals surface area (Å²) in [5.41, 5.74) is 0.209. The number of sulfonamides is 1. The lowest BCUT2D eigenvalue weighted by Crippen LogP contribution is -2.45. The van der Waals surface area contributed by atoms with Crippen molar-refractivity contribution >= 4 is 21.9 Å². The number of hydrogen-bond acceptors (Lipinski definition) is 4. The maximum atomic E-state index is 13.0. The summed E-state index contributed by atoms with van der Waals surface area (Å²) in [6.07, 6.45) is 4.20. The van der Waals surface area contributed by atoms with Gasteiger partial charge in [-0.25, -0.2) is 13.2 Å². The zero-order chi connectivity index (χ0) is 19.8. The first-order valence-corrected chi connectivity index (χ1v) is 10.8. The van der Waals surface area contributed by atoms with Crippen LogP contribution in [0, 0.1) is 0 Å². The monoisotopic (exact) mass is 394 g/mol. The summed E-state index contributed by atoms with van der Waals surface area (Å²) in [6.45, 7) is 3.86. The number of benzene rings is 1. The molecular weight excluding hydrogens is 368 g/mol. The minimum atomic E-state index is -3.69. The highest BCUT2D eigenvalue weighted by Crippen LogP contribution is 2.31. The summed E-state index contributed by atoms with van der Waals surface area (Å²) in [6, 6.07) is 4.85. The van der Waals surface area contributed by atoms with Crippen molar-refractivity contribution in [3.8, 4) is 0 Å². The Kier molecular flexibility index (Phi) is 5.58. The lowest BCUT2D eigenvalue weighted by atomic mass is 10.1. The van der Waals surface area contributed by atoms with Gasteiger partial charge in [0.05, 0.1) is 4.90 Å². The van der Waals surface area contributed by atoms with Crippen LogP contribution in [0.25, 0.3) is 0 Å². The third-order valence-corrected chi connectivity index (χ3v) is 7.39. The minimum absolute atomic E-state index is 0.0712. The van der Waals surface area contributed by atoms with Crippen LogP contribution in [0.15, 0.2) is 29.2 Å². The molecule has 1 N–H and O–H groups in total. The molecule has 2 fully saturated rings. The van der Waals surface area contributed by atoms with E-state index >= 15 is 0 Å². The molecule has 1 saturated carbocycles. The highest BCUT2D eigenvalue weighted by Gasteiger charge is 2.39. The second-order valence-electron chi connectivity index (χ2n) is 7.45. The fourth-order valence-corrected chi connectivity index (χ4v) is 5.38. The molecule has 0 aromatic heterocycles. The number of carbonyl (C=O) groups excluding carboxylic acids is 1. The van der Waals surface area contributed by atoms with E-state index in [0.717, 1.165) is 32.1 Å². The van der Waals surface area contributed by atoms with Gasteiger partial charge in [-0.3, -0.25) is 4.79 Å². The summed E-state index contributed by atoms with van der Waals surface area (Å²) >= 11 is 0. The van der Waals surface area contributed by atoms with Crippen molar-refractivity contribution in [3.63, 3.8) is 0 Å². The second-order valence-corrected chi connectivity index (χ2v) is 9.34. The molecule has 1 heterocycles. The molecular formula is C19H26N2O5S. The van der Waals surface area contributed by atoms with E-state index in [1.165, 1.54) is 28.3 Å². The van der Waals surface area contributed by atoms with Crippen LogP contribution in [0.5, 0.6) is 0 Å². The third kappa shape index (κ3) is 4.01. The van der Waals surface area contributed by atoms with E-state index in [-0.39, 0.29) is 22.5 Å². The molecule has 2 aliphatic rings. The van der Waals surface area contributed by atoms with Crippen LogP contribution in [-0.4, -0.2) is 59.3 Å². The van der Waals surface area contributed by atoms with E-state index in [4.69, 9.17) is 0 Å². The van der Waals surface area contributed by atoms with Crippen LogP contribution in [0.3, 0.4) is 0 Å². The Morgan fingerprint density at radius 1 is 1.22 bits per heavy atom. The molecule has 1 aliphatic carbocycles. The van der Waals surface area contributed by atoms with Crippen LogP contribution in [0.4, 0.5) is 0 Å². The predicted octanol–water partition coefficient (Wildman–Crippen LogP) is 2.33. The average molecular weight is 394 g/mol. The first-order chi connectivity index (χ1) is 12.7. The molecule has 8 heteroatoms. The van der Waals surface area contributed by atoms with Gasteiger partial charge in [-0.15, -0.1) is 0 Å². The van der Waals surface area contributed by atoms with E-state index in [1.807, 2.05) is 6.92 Å². The first kappa shape index (κ1) is 19.8. The van der Waals surface area contributed by atoms with Gasteiger partial charge in [0.2, 0.25) is 10.0 Å².